The van der Waals surface area contributed by atoms with Crippen LogP contribution in [0.2, 0.25) is 0 Å². The number of benzene rings is 1. The van der Waals surface area contributed by atoms with Gasteiger partial charge in [-0.05, 0) is 51.3 Å². The first-order chi connectivity index (χ1) is 8.75. The van der Waals surface area contributed by atoms with Gasteiger partial charge in [0.2, 0.25) is 0 Å². The van der Waals surface area contributed by atoms with Gasteiger partial charge >= 0.3 is 0 Å². The Labute approximate surface area is 111 Å². The van der Waals surface area contributed by atoms with E-state index in [2.05, 4.69) is 54.4 Å². The molecule has 0 bridgehead atoms. The minimum atomic E-state index is 0.618. The van der Waals surface area contributed by atoms with E-state index in [1.807, 2.05) is 0 Å². The Bertz CT molecular complexity index is 328. The number of rotatable bonds is 5. The average molecular weight is 246 g/mol. The van der Waals surface area contributed by atoms with Crippen molar-refractivity contribution in [1.29, 1.82) is 0 Å². The Kier molecular flexibility index (Phi) is 5.21. The Balaban J connectivity index is 1.91. The zero-order valence-corrected chi connectivity index (χ0v) is 11.7. The number of hydrogen-bond acceptors (Lipinski definition) is 2. The van der Waals surface area contributed by atoms with Crippen molar-refractivity contribution in [3.63, 3.8) is 0 Å². The molecule has 18 heavy (non-hydrogen) atoms. The van der Waals surface area contributed by atoms with Crippen LogP contribution in [-0.2, 0) is 6.54 Å². The van der Waals surface area contributed by atoms with Crippen molar-refractivity contribution >= 4 is 0 Å². The standard InChI is InChI=1S/C16H26N2/c1-14(2)18(12-15-7-4-3-5-8-15)13-16-9-6-10-17-11-16/h3-5,7-8,14,16-17H,6,9-13H2,1-2H3/t16-/m1/s1. The molecule has 1 aromatic carbocycles. The fourth-order valence-corrected chi connectivity index (χ4v) is 2.69. The monoisotopic (exact) mass is 246 g/mol. The lowest BCUT2D eigenvalue weighted by Crippen LogP contribution is -2.40. The Morgan fingerprint density at radius 1 is 1.28 bits per heavy atom. The van der Waals surface area contributed by atoms with Crippen LogP contribution in [0, 0.1) is 5.92 Å². The fraction of sp³-hybridized carbons (Fsp3) is 0.625. The fourth-order valence-electron chi connectivity index (χ4n) is 2.69. The maximum atomic E-state index is 3.52. The molecule has 2 nitrogen and oxygen atoms in total. The van der Waals surface area contributed by atoms with E-state index in [4.69, 9.17) is 0 Å². The topological polar surface area (TPSA) is 15.3 Å². The predicted octanol–water partition coefficient (Wildman–Crippen LogP) is 2.90. The first-order valence-corrected chi connectivity index (χ1v) is 7.24. The number of piperidine rings is 1. The van der Waals surface area contributed by atoms with Gasteiger partial charge in [0, 0.05) is 19.1 Å². The quantitative estimate of drug-likeness (QED) is 0.859. The summed E-state index contributed by atoms with van der Waals surface area (Å²) >= 11 is 0. The van der Waals surface area contributed by atoms with Crippen molar-refractivity contribution in [2.24, 2.45) is 5.92 Å². The van der Waals surface area contributed by atoms with E-state index in [9.17, 15) is 0 Å². The molecule has 0 radical (unpaired) electrons. The molecular formula is C16H26N2. The lowest BCUT2D eigenvalue weighted by molar-refractivity contribution is 0.164. The highest BCUT2D eigenvalue weighted by molar-refractivity contribution is 5.14. The summed E-state index contributed by atoms with van der Waals surface area (Å²) in [7, 11) is 0. The normalized spacial score (nSPS) is 20.6. The average Bonchev–Trinajstić information content (AvgIpc) is 2.40. The van der Waals surface area contributed by atoms with Crippen molar-refractivity contribution in [3.05, 3.63) is 35.9 Å². The van der Waals surface area contributed by atoms with E-state index in [-0.39, 0.29) is 0 Å². The minimum absolute atomic E-state index is 0.618. The van der Waals surface area contributed by atoms with Gasteiger partial charge in [0.25, 0.3) is 0 Å². The Hall–Kier alpha value is -0.860. The maximum absolute atomic E-state index is 3.52. The van der Waals surface area contributed by atoms with Crippen LogP contribution in [-0.4, -0.2) is 30.6 Å². The predicted molar refractivity (Wildman–Crippen MR) is 77.6 cm³/mol. The van der Waals surface area contributed by atoms with Gasteiger partial charge in [-0.2, -0.15) is 0 Å². The van der Waals surface area contributed by atoms with Crippen LogP contribution < -0.4 is 5.32 Å². The first-order valence-electron chi connectivity index (χ1n) is 7.24. The van der Waals surface area contributed by atoms with E-state index < -0.39 is 0 Å². The Morgan fingerprint density at radius 2 is 2.06 bits per heavy atom. The second-order valence-electron chi connectivity index (χ2n) is 5.72. The third-order valence-corrected chi connectivity index (χ3v) is 3.85. The van der Waals surface area contributed by atoms with Gasteiger partial charge in [-0.1, -0.05) is 30.3 Å². The van der Waals surface area contributed by atoms with Crippen LogP contribution >= 0.6 is 0 Å². The lowest BCUT2D eigenvalue weighted by Gasteiger charge is -2.32. The highest BCUT2D eigenvalue weighted by Crippen LogP contribution is 2.16. The zero-order valence-electron chi connectivity index (χ0n) is 11.7. The molecule has 1 N–H and O–H groups in total. The van der Waals surface area contributed by atoms with Crippen LogP contribution in [0.25, 0.3) is 0 Å². The van der Waals surface area contributed by atoms with E-state index in [0.29, 0.717) is 6.04 Å². The van der Waals surface area contributed by atoms with E-state index in [0.717, 1.165) is 12.5 Å². The van der Waals surface area contributed by atoms with Crippen molar-refractivity contribution in [2.45, 2.75) is 39.3 Å². The second-order valence-corrected chi connectivity index (χ2v) is 5.72. The van der Waals surface area contributed by atoms with E-state index in [1.165, 1.54) is 38.0 Å². The summed E-state index contributed by atoms with van der Waals surface area (Å²) in [6.45, 7) is 9.31. The molecule has 1 aromatic rings. The van der Waals surface area contributed by atoms with Crippen molar-refractivity contribution in [1.82, 2.24) is 10.2 Å². The van der Waals surface area contributed by atoms with E-state index in [1.54, 1.807) is 0 Å². The summed E-state index contributed by atoms with van der Waals surface area (Å²) in [5.74, 6) is 0.824. The van der Waals surface area contributed by atoms with Gasteiger partial charge in [-0.3, -0.25) is 4.90 Å². The number of hydrogen-bond donors (Lipinski definition) is 1. The largest absolute Gasteiger partial charge is 0.316 e. The van der Waals surface area contributed by atoms with Crippen molar-refractivity contribution in [3.8, 4) is 0 Å². The third-order valence-electron chi connectivity index (χ3n) is 3.85. The summed E-state index contributed by atoms with van der Waals surface area (Å²) < 4.78 is 0. The zero-order chi connectivity index (χ0) is 12.8. The summed E-state index contributed by atoms with van der Waals surface area (Å²) in [5, 5.41) is 3.52. The summed E-state index contributed by atoms with van der Waals surface area (Å²) in [5.41, 5.74) is 1.43. The Morgan fingerprint density at radius 3 is 2.67 bits per heavy atom. The van der Waals surface area contributed by atoms with Gasteiger partial charge in [-0.25, -0.2) is 0 Å². The molecule has 1 fully saturated rings. The van der Waals surface area contributed by atoms with Gasteiger partial charge in [0.1, 0.15) is 0 Å². The SMILES string of the molecule is CC(C)N(Cc1ccccc1)C[C@@H]1CCCNC1. The molecule has 1 aliphatic heterocycles. The number of nitrogens with zero attached hydrogens (tertiary/aromatic N) is 1. The third kappa shape index (κ3) is 4.11. The summed E-state index contributed by atoms with van der Waals surface area (Å²) in [6, 6.07) is 11.4. The molecule has 0 aliphatic carbocycles. The van der Waals surface area contributed by atoms with E-state index >= 15 is 0 Å². The molecular weight excluding hydrogens is 220 g/mol. The van der Waals surface area contributed by atoms with Crippen LogP contribution in [0.1, 0.15) is 32.3 Å². The second kappa shape index (κ2) is 6.91. The molecule has 0 aromatic heterocycles. The van der Waals surface area contributed by atoms with Crippen molar-refractivity contribution < 1.29 is 0 Å². The maximum Gasteiger partial charge on any atom is 0.0236 e. The number of nitrogens with one attached hydrogen (secondary N) is 1. The van der Waals surface area contributed by atoms with Gasteiger partial charge in [-0.15, -0.1) is 0 Å². The summed E-state index contributed by atoms with van der Waals surface area (Å²) in [6.07, 6.45) is 2.72. The molecule has 1 heterocycles. The van der Waals surface area contributed by atoms with Crippen LogP contribution in [0.4, 0.5) is 0 Å². The molecule has 1 saturated heterocycles. The summed E-state index contributed by atoms with van der Waals surface area (Å²) in [4.78, 5) is 2.60. The molecule has 0 amide bonds. The molecule has 0 saturated carbocycles. The van der Waals surface area contributed by atoms with Crippen LogP contribution in [0.3, 0.4) is 0 Å². The smallest absolute Gasteiger partial charge is 0.0236 e. The van der Waals surface area contributed by atoms with Crippen LogP contribution in [0.5, 0.6) is 0 Å². The highest BCUT2D eigenvalue weighted by atomic mass is 15.1. The molecule has 100 valence electrons. The highest BCUT2D eigenvalue weighted by Gasteiger charge is 2.18. The molecule has 0 spiro atoms. The van der Waals surface area contributed by atoms with Crippen molar-refractivity contribution in [2.75, 3.05) is 19.6 Å². The minimum Gasteiger partial charge on any atom is -0.316 e. The molecule has 1 atom stereocenters. The van der Waals surface area contributed by atoms with Gasteiger partial charge < -0.3 is 5.32 Å². The first kappa shape index (κ1) is 13.6. The van der Waals surface area contributed by atoms with Gasteiger partial charge in [0.05, 0.1) is 0 Å². The molecule has 2 heteroatoms. The molecule has 2 rings (SSSR count). The van der Waals surface area contributed by atoms with Gasteiger partial charge in [0.15, 0.2) is 0 Å². The van der Waals surface area contributed by atoms with Crippen LogP contribution in [0.15, 0.2) is 30.3 Å². The lowest BCUT2D eigenvalue weighted by atomic mass is 9.98. The molecule has 1 aliphatic rings. The molecule has 0 unspecified atom stereocenters.